The molecule has 0 N–H and O–H groups in total. The lowest BCUT2D eigenvalue weighted by atomic mass is 9.94. The molecule has 1 amide bonds. The quantitative estimate of drug-likeness (QED) is 0.628. The second kappa shape index (κ2) is 6.71. The number of carbonyl (C=O) groups excluding carboxylic acids is 1. The molecule has 1 aromatic carbocycles. The van der Waals surface area contributed by atoms with Crippen molar-refractivity contribution in [1.82, 2.24) is 9.80 Å². The minimum Gasteiger partial charge on any atom is -0.497 e. The van der Waals surface area contributed by atoms with E-state index in [1.165, 1.54) is 19.3 Å². The number of benzene rings is 1. The molecule has 1 heterocycles. The Bertz CT molecular complexity index is 633. The van der Waals surface area contributed by atoms with Crippen molar-refractivity contribution in [3.63, 3.8) is 0 Å². The Balaban J connectivity index is 1.85. The standard InChI is InChI=1S/C18H22N2O2S/c1-19-16(12-13-8-10-15(22-2)11-9-13)17(21)20(18(19)23)14-6-4-3-5-7-14/h8-12,14H,3-7H2,1-2H3. The monoisotopic (exact) mass is 330 g/mol. The smallest absolute Gasteiger partial charge is 0.277 e. The Morgan fingerprint density at radius 1 is 1.17 bits per heavy atom. The van der Waals surface area contributed by atoms with Crippen LogP contribution in [0.3, 0.4) is 0 Å². The maximum Gasteiger partial charge on any atom is 0.277 e. The van der Waals surface area contributed by atoms with Gasteiger partial charge in [-0.1, -0.05) is 31.4 Å². The van der Waals surface area contributed by atoms with Crippen LogP contribution in [-0.4, -0.2) is 41.0 Å². The van der Waals surface area contributed by atoms with Crippen LogP contribution in [0.4, 0.5) is 0 Å². The molecule has 1 aromatic rings. The number of hydrogen-bond acceptors (Lipinski definition) is 3. The van der Waals surface area contributed by atoms with Crippen molar-refractivity contribution in [2.75, 3.05) is 14.2 Å². The number of nitrogens with zero attached hydrogens (tertiary/aromatic N) is 2. The Hall–Kier alpha value is -1.88. The molecule has 0 spiro atoms. The zero-order valence-corrected chi connectivity index (χ0v) is 14.4. The van der Waals surface area contributed by atoms with E-state index in [1.54, 1.807) is 7.11 Å². The molecule has 23 heavy (non-hydrogen) atoms. The average Bonchev–Trinajstić information content (AvgIpc) is 2.80. The summed E-state index contributed by atoms with van der Waals surface area (Å²) in [5, 5.41) is 0.627. The van der Waals surface area contributed by atoms with Gasteiger partial charge in [-0.3, -0.25) is 9.69 Å². The molecule has 1 aliphatic carbocycles. The van der Waals surface area contributed by atoms with Gasteiger partial charge in [-0.25, -0.2) is 0 Å². The molecule has 0 atom stereocenters. The Kier molecular flexibility index (Phi) is 4.66. The molecule has 4 nitrogen and oxygen atoms in total. The van der Waals surface area contributed by atoms with Gasteiger partial charge in [0, 0.05) is 13.1 Å². The van der Waals surface area contributed by atoms with Gasteiger partial charge in [-0.2, -0.15) is 0 Å². The fourth-order valence-electron chi connectivity index (χ4n) is 3.30. The van der Waals surface area contributed by atoms with Gasteiger partial charge in [0.1, 0.15) is 11.4 Å². The van der Waals surface area contributed by atoms with Crippen LogP contribution in [0.1, 0.15) is 37.7 Å². The Morgan fingerprint density at radius 2 is 1.83 bits per heavy atom. The Labute approximate surface area is 142 Å². The first-order valence-electron chi connectivity index (χ1n) is 8.09. The third-order valence-electron chi connectivity index (χ3n) is 4.65. The SMILES string of the molecule is COc1ccc(C=C2C(=O)N(C3CCCCC3)C(=S)N2C)cc1. The van der Waals surface area contributed by atoms with E-state index < -0.39 is 0 Å². The summed E-state index contributed by atoms with van der Waals surface area (Å²) in [6.45, 7) is 0. The summed E-state index contributed by atoms with van der Waals surface area (Å²) < 4.78 is 5.17. The van der Waals surface area contributed by atoms with Gasteiger partial charge in [0.2, 0.25) is 0 Å². The highest BCUT2D eigenvalue weighted by Crippen LogP contribution is 2.30. The molecule has 0 bridgehead atoms. The van der Waals surface area contributed by atoms with E-state index in [0.29, 0.717) is 10.8 Å². The topological polar surface area (TPSA) is 32.8 Å². The normalized spacial score (nSPS) is 21.4. The van der Waals surface area contributed by atoms with Crippen LogP contribution in [0.25, 0.3) is 6.08 Å². The van der Waals surface area contributed by atoms with Crippen molar-refractivity contribution >= 4 is 29.3 Å². The van der Waals surface area contributed by atoms with Gasteiger partial charge < -0.3 is 9.64 Å². The van der Waals surface area contributed by atoms with E-state index in [2.05, 4.69) is 0 Å². The van der Waals surface area contributed by atoms with Gasteiger partial charge in [0.25, 0.3) is 5.91 Å². The van der Waals surface area contributed by atoms with Crippen LogP contribution in [0, 0.1) is 0 Å². The van der Waals surface area contributed by atoms with E-state index in [-0.39, 0.29) is 11.9 Å². The van der Waals surface area contributed by atoms with Gasteiger partial charge >= 0.3 is 0 Å². The maximum atomic E-state index is 12.9. The zero-order chi connectivity index (χ0) is 16.4. The number of ether oxygens (including phenoxy) is 1. The largest absolute Gasteiger partial charge is 0.497 e. The highest BCUT2D eigenvalue weighted by Gasteiger charge is 2.40. The molecule has 3 rings (SSSR count). The first-order valence-corrected chi connectivity index (χ1v) is 8.49. The summed E-state index contributed by atoms with van der Waals surface area (Å²) >= 11 is 5.52. The van der Waals surface area contributed by atoms with Crippen molar-refractivity contribution in [1.29, 1.82) is 0 Å². The maximum absolute atomic E-state index is 12.9. The zero-order valence-electron chi connectivity index (χ0n) is 13.6. The van der Waals surface area contributed by atoms with Crippen LogP contribution < -0.4 is 4.74 Å². The van der Waals surface area contributed by atoms with Crippen LogP contribution in [0.2, 0.25) is 0 Å². The van der Waals surface area contributed by atoms with E-state index in [4.69, 9.17) is 17.0 Å². The highest BCUT2D eigenvalue weighted by molar-refractivity contribution is 7.80. The molecule has 0 aromatic heterocycles. The molecule has 5 heteroatoms. The minimum atomic E-state index is 0.0280. The van der Waals surface area contributed by atoms with Gasteiger partial charge in [-0.05, 0) is 48.8 Å². The fourth-order valence-corrected chi connectivity index (χ4v) is 3.63. The van der Waals surface area contributed by atoms with Crippen molar-refractivity contribution in [2.24, 2.45) is 0 Å². The summed E-state index contributed by atoms with van der Waals surface area (Å²) in [4.78, 5) is 16.5. The molecule has 2 fully saturated rings. The van der Waals surface area contributed by atoms with E-state index >= 15 is 0 Å². The number of amides is 1. The van der Waals surface area contributed by atoms with E-state index in [0.717, 1.165) is 24.2 Å². The number of hydrogen-bond donors (Lipinski definition) is 0. The molecule has 122 valence electrons. The molecular formula is C18H22N2O2S. The van der Waals surface area contributed by atoms with Gasteiger partial charge in [0.15, 0.2) is 5.11 Å². The van der Waals surface area contributed by atoms with E-state index in [1.807, 2.05) is 47.2 Å². The summed E-state index contributed by atoms with van der Waals surface area (Å²) in [6.07, 6.45) is 7.62. The third kappa shape index (κ3) is 3.11. The van der Waals surface area contributed by atoms with Crippen molar-refractivity contribution in [2.45, 2.75) is 38.1 Å². The van der Waals surface area contributed by atoms with Crippen LogP contribution >= 0.6 is 12.2 Å². The number of methoxy groups -OCH3 is 1. The lowest BCUT2D eigenvalue weighted by Crippen LogP contribution is -2.41. The molecule has 0 unspecified atom stereocenters. The molecular weight excluding hydrogens is 308 g/mol. The van der Waals surface area contributed by atoms with E-state index in [9.17, 15) is 4.79 Å². The van der Waals surface area contributed by atoms with Crippen molar-refractivity contribution in [3.05, 3.63) is 35.5 Å². The first-order chi connectivity index (χ1) is 11.1. The molecule has 2 aliphatic rings. The lowest BCUT2D eigenvalue weighted by Gasteiger charge is -2.30. The first kappa shape index (κ1) is 16.0. The second-order valence-corrected chi connectivity index (χ2v) is 6.48. The van der Waals surface area contributed by atoms with Crippen molar-refractivity contribution < 1.29 is 9.53 Å². The van der Waals surface area contributed by atoms with Crippen LogP contribution in [0.15, 0.2) is 30.0 Å². The molecule has 1 saturated carbocycles. The predicted molar refractivity (Wildman–Crippen MR) is 95.1 cm³/mol. The summed E-state index contributed by atoms with van der Waals surface area (Å²) in [6, 6.07) is 7.93. The number of rotatable bonds is 3. The summed E-state index contributed by atoms with van der Waals surface area (Å²) in [5.74, 6) is 0.831. The van der Waals surface area contributed by atoms with Crippen LogP contribution in [0.5, 0.6) is 5.75 Å². The van der Waals surface area contributed by atoms with Gasteiger partial charge in [0.05, 0.1) is 7.11 Å². The fraction of sp³-hybridized carbons (Fsp3) is 0.444. The number of thiocarbonyl (C=S) groups is 1. The summed E-state index contributed by atoms with van der Waals surface area (Å²) in [7, 11) is 3.51. The Morgan fingerprint density at radius 3 is 2.43 bits per heavy atom. The van der Waals surface area contributed by atoms with Gasteiger partial charge in [-0.15, -0.1) is 0 Å². The molecule has 1 saturated heterocycles. The molecule has 1 aliphatic heterocycles. The highest BCUT2D eigenvalue weighted by atomic mass is 32.1. The number of carbonyl (C=O) groups is 1. The second-order valence-electron chi connectivity index (χ2n) is 6.11. The van der Waals surface area contributed by atoms with Crippen LogP contribution in [-0.2, 0) is 4.79 Å². The average molecular weight is 330 g/mol. The lowest BCUT2D eigenvalue weighted by molar-refractivity contribution is -0.124. The number of likely N-dealkylation sites (N-methyl/N-ethyl adjacent to an activating group) is 1. The predicted octanol–water partition coefficient (Wildman–Crippen LogP) is 3.43. The minimum absolute atomic E-state index is 0.0280. The third-order valence-corrected chi connectivity index (χ3v) is 5.12. The summed E-state index contributed by atoms with van der Waals surface area (Å²) in [5.41, 5.74) is 1.61. The van der Waals surface area contributed by atoms with Crippen molar-refractivity contribution in [3.8, 4) is 5.75 Å². The molecule has 0 radical (unpaired) electrons.